The van der Waals surface area contributed by atoms with Crippen molar-refractivity contribution in [3.8, 4) is 0 Å². The van der Waals surface area contributed by atoms with Gasteiger partial charge >= 0.3 is 0 Å². The Balaban J connectivity index is 1.68. The van der Waals surface area contributed by atoms with Crippen LogP contribution in [0.2, 0.25) is 0 Å². The Kier molecular flexibility index (Phi) is 4.22. The van der Waals surface area contributed by atoms with E-state index in [-0.39, 0.29) is 0 Å². The lowest BCUT2D eigenvalue weighted by Crippen LogP contribution is -2.54. The molecule has 0 aromatic rings. The fourth-order valence-electron chi connectivity index (χ4n) is 6.39. The molecule has 0 radical (unpaired) electrons. The summed E-state index contributed by atoms with van der Waals surface area (Å²) in [6.07, 6.45) is 9.13. The van der Waals surface area contributed by atoms with Crippen LogP contribution < -0.4 is 0 Å². The third-order valence-electron chi connectivity index (χ3n) is 7.84. The minimum absolute atomic E-state index is 0.878. The van der Waals surface area contributed by atoms with Gasteiger partial charge < -0.3 is 0 Å². The van der Waals surface area contributed by atoms with E-state index in [9.17, 15) is 0 Å². The van der Waals surface area contributed by atoms with Gasteiger partial charge in [-0.2, -0.15) is 0 Å². The zero-order chi connectivity index (χ0) is 14.4. The van der Waals surface area contributed by atoms with Gasteiger partial charge in [-0.15, -0.1) is 0 Å². The zero-order valence-electron chi connectivity index (χ0n) is 14.4. The highest BCUT2D eigenvalue weighted by Crippen LogP contribution is 2.60. The van der Waals surface area contributed by atoms with Gasteiger partial charge in [-0.25, -0.2) is 0 Å². The van der Waals surface area contributed by atoms with Crippen molar-refractivity contribution >= 4 is 0 Å². The topological polar surface area (TPSA) is 0 Å². The van der Waals surface area contributed by atoms with E-state index in [2.05, 4.69) is 34.6 Å². The molecule has 3 saturated carbocycles. The lowest BCUT2D eigenvalue weighted by atomic mass is 9.45. The molecule has 0 aromatic heterocycles. The smallest absolute Gasteiger partial charge is 0.0323 e. The molecular weight excluding hydrogens is 240 g/mol. The van der Waals surface area contributed by atoms with Gasteiger partial charge in [0.15, 0.2) is 0 Å². The Hall–Kier alpha value is 0. The van der Waals surface area contributed by atoms with Crippen LogP contribution in [0.3, 0.4) is 0 Å². The van der Waals surface area contributed by atoms with Crippen molar-refractivity contribution in [1.82, 2.24) is 0 Å². The van der Waals surface area contributed by atoms with Gasteiger partial charge in [0.1, 0.15) is 0 Å². The molecule has 3 rings (SSSR count). The molecule has 4 unspecified atom stereocenters. The molecule has 3 aliphatic carbocycles. The van der Waals surface area contributed by atoms with Gasteiger partial charge in [-0.3, -0.25) is 0 Å². The van der Waals surface area contributed by atoms with Crippen LogP contribution in [0.25, 0.3) is 0 Å². The Morgan fingerprint density at radius 3 is 1.70 bits per heavy atom. The third kappa shape index (κ3) is 2.26. The highest BCUT2D eigenvalue weighted by molar-refractivity contribution is 5.02. The predicted molar refractivity (Wildman–Crippen MR) is 87.5 cm³/mol. The lowest BCUT2D eigenvalue weighted by molar-refractivity contribution is -0.120. The summed E-state index contributed by atoms with van der Waals surface area (Å²) in [5.41, 5.74) is 0. The highest BCUT2D eigenvalue weighted by Gasteiger charge is 2.54. The molecule has 0 nitrogen and oxygen atoms in total. The standard InChI is InChI=1S/C20H36/c1-12(2)18(13(3)16-8-6-9-16)20-14(4)19(15(20)5)17-10-7-11-17/h12-20H,6-11H2,1-5H3. The minimum Gasteiger partial charge on any atom is -0.0625 e. The molecular formula is C20H36. The average Bonchev–Trinajstić information content (AvgIpc) is 2.26. The number of hydrogen-bond acceptors (Lipinski definition) is 0. The van der Waals surface area contributed by atoms with Crippen LogP contribution in [-0.2, 0) is 0 Å². The molecule has 116 valence electrons. The third-order valence-corrected chi connectivity index (χ3v) is 7.84. The van der Waals surface area contributed by atoms with Gasteiger partial charge in [-0.05, 0) is 53.3 Å². The van der Waals surface area contributed by atoms with Crippen molar-refractivity contribution in [3.05, 3.63) is 0 Å². The van der Waals surface area contributed by atoms with Crippen molar-refractivity contribution in [2.75, 3.05) is 0 Å². The number of rotatable bonds is 5. The predicted octanol–water partition coefficient (Wildman–Crippen LogP) is 6.01. The first-order valence-corrected chi connectivity index (χ1v) is 9.52. The fourth-order valence-corrected chi connectivity index (χ4v) is 6.39. The molecule has 0 aliphatic heterocycles. The van der Waals surface area contributed by atoms with E-state index in [1.54, 1.807) is 0 Å². The Bertz CT molecular complexity index is 313. The maximum absolute atomic E-state index is 2.59. The monoisotopic (exact) mass is 276 g/mol. The van der Waals surface area contributed by atoms with Crippen molar-refractivity contribution in [2.24, 2.45) is 53.3 Å². The van der Waals surface area contributed by atoms with Gasteiger partial charge in [-0.1, -0.05) is 73.1 Å². The summed E-state index contributed by atoms with van der Waals surface area (Å²) in [7, 11) is 0. The van der Waals surface area contributed by atoms with E-state index in [4.69, 9.17) is 0 Å². The van der Waals surface area contributed by atoms with Crippen molar-refractivity contribution in [2.45, 2.75) is 73.1 Å². The summed E-state index contributed by atoms with van der Waals surface area (Å²) in [6, 6.07) is 0. The maximum atomic E-state index is 2.59. The minimum atomic E-state index is 0.878. The van der Waals surface area contributed by atoms with Crippen molar-refractivity contribution < 1.29 is 0 Å². The van der Waals surface area contributed by atoms with E-state index < -0.39 is 0 Å². The van der Waals surface area contributed by atoms with Gasteiger partial charge in [0.25, 0.3) is 0 Å². The summed E-state index contributed by atoms with van der Waals surface area (Å²) in [6.45, 7) is 12.8. The fraction of sp³-hybridized carbons (Fsp3) is 1.00. The first kappa shape index (κ1) is 14.9. The van der Waals surface area contributed by atoms with Gasteiger partial charge in [0.2, 0.25) is 0 Å². The van der Waals surface area contributed by atoms with Crippen LogP contribution in [0.15, 0.2) is 0 Å². The summed E-state index contributed by atoms with van der Waals surface area (Å²) in [5.74, 6) is 9.10. The Morgan fingerprint density at radius 1 is 0.800 bits per heavy atom. The summed E-state index contributed by atoms with van der Waals surface area (Å²) < 4.78 is 0. The molecule has 0 heteroatoms. The zero-order valence-corrected chi connectivity index (χ0v) is 14.4. The highest BCUT2D eigenvalue weighted by atomic mass is 14.6. The largest absolute Gasteiger partial charge is 0.0625 e. The number of hydrogen-bond donors (Lipinski definition) is 0. The Labute approximate surface area is 127 Å². The van der Waals surface area contributed by atoms with E-state index in [0.29, 0.717) is 0 Å². The van der Waals surface area contributed by atoms with Crippen LogP contribution >= 0.6 is 0 Å². The molecule has 0 bridgehead atoms. The Morgan fingerprint density at radius 2 is 1.35 bits per heavy atom. The van der Waals surface area contributed by atoms with Crippen molar-refractivity contribution in [1.29, 1.82) is 0 Å². The molecule has 3 aliphatic rings. The van der Waals surface area contributed by atoms with E-state index >= 15 is 0 Å². The quantitative estimate of drug-likeness (QED) is 0.576. The van der Waals surface area contributed by atoms with Crippen LogP contribution in [0.1, 0.15) is 73.1 Å². The van der Waals surface area contributed by atoms with Crippen LogP contribution in [0.5, 0.6) is 0 Å². The molecule has 0 heterocycles. The summed E-state index contributed by atoms with van der Waals surface area (Å²) in [5, 5.41) is 0. The van der Waals surface area contributed by atoms with Crippen LogP contribution in [0.4, 0.5) is 0 Å². The molecule has 0 amide bonds. The summed E-state index contributed by atoms with van der Waals surface area (Å²) in [4.78, 5) is 0. The van der Waals surface area contributed by atoms with Crippen LogP contribution in [-0.4, -0.2) is 0 Å². The van der Waals surface area contributed by atoms with Gasteiger partial charge in [0, 0.05) is 0 Å². The van der Waals surface area contributed by atoms with Crippen LogP contribution in [0, 0.1) is 53.3 Å². The van der Waals surface area contributed by atoms with Crippen molar-refractivity contribution in [3.63, 3.8) is 0 Å². The second-order valence-electron chi connectivity index (χ2n) is 8.94. The molecule has 0 N–H and O–H groups in total. The van der Waals surface area contributed by atoms with E-state index in [0.717, 1.165) is 53.3 Å². The van der Waals surface area contributed by atoms with E-state index in [1.165, 1.54) is 38.5 Å². The van der Waals surface area contributed by atoms with E-state index in [1.807, 2.05) is 0 Å². The second kappa shape index (κ2) is 5.65. The molecule has 0 saturated heterocycles. The first-order valence-electron chi connectivity index (χ1n) is 9.52. The van der Waals surface area contributed by atoms with Gasteiger partial charge in [0.05, 0.1) is 0 Å². The average molecular weight is 277 g/mol. The SMILES string of the molecule is CC(C)C(C(C)C1CCC1)C1C(C)C(C2CCC2)C1C. The molecule has 0 aromatic carbocycles. The normalized spacial score (nSPS) is 41.7. The molecule has 3 fully saturated rings. The second-order valence-corrected chi connectivity index (χ2v) is 8.94. The maximum Gasteiger partial charge on any atom is -0.0323 e. The molecule has 0 spiro atoms. The molecule has 4 atom stereocenters. The first-order chi connectivity index (χ1) is 9.52. The molecule has 20 heavy (non-hydrogen) atoms. The lowest BCUT2D eigenvalue weighted by Gasteiger charge is -2.60. The summed E-state index contributed by atoms with van der Waals surface area (Å²) >= 11 is 0.